The summed E-state index contributed by atoms with van der Waals surface area (Å²) in [6.45, 7) is 8.49. The molecule has 0 N–H and O–H groups in total. The lowest BCUT2D eigenvalue weighted by Crippen LogP contribution is -2.15. The summed E-state index contributed by atoms with van der Waals surface area (Å²) in [6, 6.07) is 10.4. The van der Waals surface area contributed by atoms with Crippen LogP contribution in [-0.2, 0) is 5.41 Å². The van der Waals surface area contributed by atoms with Crippen LogP contribution >= 0.6 is 0 Å². The van der Waals surface area contributed by atoms with Gasteiger partial charge in [0.25, 0.3) is 0 Å². The summed E-state index contributed by atoms with van der Waals surface area (Å²) in [5.74, 6) is 0. The largest absolute Gasteiger partial charge is 0.127 e. The van der Waals surface area contributed by atoms with E-state index in [4.69, 9.17) is 0 Å². The molecule has 0 saturated heterocycles. The van der Waals surface area contributed by atoms with Crippen molar-refractivity contribution in [2.75, 3.05) is 0 Å². The van der Waals surface area contributed by atoms with E-state index >= 15 is 0 Å². The summed E-state index contributed by atoms with van der Waals surface area (Å²) >= 11 is 0. The van der Waals surface area contributed by atoms with E-state index in [2.05, 4.69) is 45.0 Å². The maximum Gasteiger partial charge on any atom is 0.127 e. The van der Waals surface area contributed by atoms with Crippen molar-refractivity contribution in [2.45, 2.75) is 25.7 Å². The molecule has 0 nitrogen and oxygen atoms in total. The molecule has 0 aliphatic heterocycles. The van der Waals surface area contributed by atoms with E-state index in [0.29, 0.717) is 0 Å². The van der Waals surface area contributed by atoms with Crippen LogP contribution in [0.4, 0.5) is 0 Å². The van der Waals surface area contributed by atoms with Gasteiger partial charge in [-0.1, -0.05) is 37.3 Å². The van der Waals surface area contributed by atoms with Crippen LogP contribution in [0.25, 0.3) is 0 Å². The standard InChI is InChI=1S/C11H15/c1-4-11(2,3)10-8-6-5-7-9-10/h5-9H,2,4H2,1,3H3/q+1. The predicted octanol–water partition coefficient (Wildman–Crippen LogP) is 3.19. The smallest absolute Gasteiger partial charge is 0.0622 e. The highest BCUT2D eigenvalue weighted by atomic mass is 14.2. The van der Waals surface area contributed by atoms with Gasteiger partial charge in [0.2, 0.25) is 0 Å². The van der Waals surface area contributed by atoms with E-state index < -0.39 is 0 Å². The van der Waals surface area contributed by atoms with E-state index in [9.17, 15) is 0 Å². The Bertz CT molecular complexity index is 209. The molecule has 0 radical (unpaired) electrons. The van der Waals surface area contributed by atoms with Crippen LogP contribution < -0.4 is 0 Å². The summed E-state index contributed by atoms with van der Waals surface area (Å²) in [5.41, 5.74) is 1.41. The van der Waals surface area contributed by atoms with Crippen molar-refractivity contribution in [1.29, 1.82) is 0 Å². The van der Waals surface area contributed by atoms with Crippen LogP contribution in [0.1, 0.15) is 25.8 Å². The predicted molar refractivity (Wildman–Crippen MR) is 49.4 cm³/mol. The van der Waals surface area contributed by atoms with E-state index in [1.54, 1.807) is 0 Å². The third kappa shape index (κ3) is 1.76. The topological polar surface area (TPSA) is 0 Å². The molecule has 0 aromatic heterocycles. The third-order valence-electron chi connectivity index (χ3n) is 2.25. The fraction of sp³-hybridized carbons (Fsp3) is 0.364. The first-order chi connectivity index (χ1) is 5.17. The molecule has 1 aromatic rings. The van der Waals surface area contributed by atoms with Crippen LogP contribution in [0.5, 0.6) is 0 Å². The fourth-order valence-corrected chi connectivity index (χ4v) is 1.04. The van der Waals surface area contributed by atoms with Crippen LogP contribution in [0.2, 0.25) is 0 Å². The van der Waals surface area contributed by atoms with E-state index in [-0.39, 0.29) is 5.41 Å². The molecular formula is C11H15+. The zero-order valence-corrected chi connectivity index (χ0v) is 7.30. The van der Waals surface area contributed by atoms with Gasteiger partial charge < -0.3 is 0 Å². The molecule has 0 heterocycles. The molecule has 0 amide bonds. The monoisotopic (exact) mass is 147 g/mol. The van der Waals surface area contributed by atoms with Crippen LogP contribution in [0.15, 0.2) is 30.3 Å². The maximum absolute atomic E-state index is 4.16. The van der Waals surface area contributed by atoms with Crippen molar-refractivity contribution in [3.05, 3.63) is 42.8 Å². The number of benzene rings is 1. The highest BCUT2D eigenvalue weighted by Gasteiger charge is 2.24. The van der Waals surface area contributed by atoms with Gasteiger partial charge in [-0.05, 0) is 13.3 Å². The molecule has 0 bridgehead atoms. The zero-order valence-electron chi connectivity index (χ0n) is 7.30. The van der Waals surface area contributed by atoms with Crippen molar-refractivity contribution >= 4 is 0 Å². The lowest BCUT2D eigenvalue weighted by molar-refractivity contribution is 0.568. The Morgan fingerprint density at radius 2 is 1.82 bits per heavy atom. The van der Waals surface area contributed by atoms with Gasteiger partial charge in [-0.3, -0.25) is 0 Å². The van der Waals surface area contributed by atoms with Crippen LogP contribution in [-0.4, -0.2) is 0 Å². The van der Waals surface area contributed by atoms with Gasteiger partial charge in [0.05, 0.1) is 6.92 Å². The second-order valence-corrected chi connectivity index (χ2v) is 3.28. The molecule has 0 fully saturated rings. The summed E-state index contributed by atoms with van der Waals surface area (Å²) in [7, 11) is 0. The van der Waals surface area contributed by atoms with Crippen molar-refractivity contribution < 1.29 is 0 Å². The van der Waals surface area contributed by atoms with Crippen molar-refractivity contribution in [3.63, 3.8) is 0 Å². The molecule has 0 aliphatic carbocycles. The second kappa shape index (κ2) is 3.00. The third-order valence-corrected chi connectivity index (χ3v) is 2.25. The second-order valence-electron chi connectivity index (χ2n) is 3.28. The minimum absolute atomic E-state index is 0.0846. The Morgan fingerprint density at radius 3 is 2.27 bits per heavy atom. The SMILES string of the molecule is [CH2+]C(C)(CC)c1ccccc1. The summed E-state index contributed by atoms with van der Waals surface area (Å²) < 4.78 is 0. The zero-order chi connectivity index (χ0) is 8.32. The number of hydrogen-bond donors (Lipinski definition) is 0. The van der Waals surface area contributed by atoms with Crippen molar-refractivity contribution in [2.24, 2.45) is 0 Å². The lowest BCUT2D eigenvalue weighted by atomic mass is 9.82. The average Bonchev–Trinajstić information content (AvgIpc) is 2.06. The Balaban J connectivity index is 2.93. The first-order valence-electron chi connectivity index (χ1n) is 4.07. The molecule has 0 heteroatoms. The quantitative estimate of drug-likeness (QED) is 0.563. The van der Waals surface area contributed by atoms with Gasteiger partial charge >= 0.3 is 0 Å². The fourth-order valence-electron chi connectivity index (χ4n) is 1.04. The minimum Gasteiger partial charge on any atom is -0.0622 e. The van der Waals surface area contributed by atoms with Gasteiger partial charge in [0.1, 0.15) is 5.41 Å². The minimum atomic E-state index is 0.0846. The molecule has 1 atom stereocenters. The molecule has 0 saturated carbocycles. The molecule has 58 valence electrons. The molecule has 1 aromatic carbocycles. The molecular weight excluding hydrogens is 132 g/mol. The Kier molecular flexibility index (Phi) is 2.23. The Hall–Kier alpha value is -0.910. The maximum atomic E-state index is 4.16. The summed E-state index contributed by atoms with van der Waals surface area (Å²) in [5, 5.41) is 0. The van der Waals surface area contributed by atoms with Crippen LogP contribution in [0.3, 0.4) is 0 Å². The van der Waals surface area contributed by atoms with Crippen molar-refractivity contribution in [3.8, 4) is 0 Å². The lowest BCUT2D eigenvalue weighted by Gasteiger charge is -2.14. The summed E-state index contributed by atoms with van der Waals surface area (Å²) in [6.07, 6.45) is 1.08. The van der Waals surface area contributed by atoms with E-state index in [1.165, 1.54) is 5.56 Å². The van der Waals surface area contributed by atoms with Crippen molar-refractivity contribution in [1.82, 2.24) is 0 Å². The molecule has 0 aliphatic rings. The van der Waals surface area contributed by atoms with Gasteiger partial charge in [0, 0.05) is 5.56 Å². The highest BCUT2D eigenvalue weighted by Crippen LogP contribution is 2.25. The normalized spacial score (nSPS) is 15.8. The molecule has 1 unspecified atom stereocenters. The van der Waals surface area contributed by atoms with Gasteiger partial charge in [0.15, 0.2) is 0 Å². The van der Waals surface area contributed by atoms with E-state index in [0.717, 1.165) is 6.42 Å². The summed E-state index contributed by atoms with van der Waals surface area (Å²) in [4.78, 5) is 0. The highest BCUT2D eigenvalue weighted by molar-refractivity contribution is 5.25. The first kappa shape index (κ1) is 8.19. The first-order valence-corrected chi connectivity index (χ1v) is 4.07. The average molecular weight is 147 g/mol. The van der Waals surface area contributed by atoms with Gasteiger partial charge in [-0.15, -0.1) is 0 Å². The van der Waals surface area contributed by atoms with Crippen LogP contribution in [0, 0.1) is 6.92 Å². The van der Waals surface area contributed by atoms with Gasteiger partial charge in [-0.2, -0.15) is 0 Å². The van der Waals surface area contributed by atoms with E-state index in [1.807, 2.05) is 6.07 Å². The number of hydrogen-bond acceptors (Lipinski definition) is 0. The molecule has 11 heavy (non-hydrogen) atoms. The molecule has 1 rings (SSSR count). The Morgan fingerprint density at radius 1 is 1.27 bits per heavy atom. The van der Waals surface area contributed by atoms with Gasteiger partial charge in [-0.25, -0.2) is 0 Å². The molecule has 0 spiro atoms. The number of rotatable bonds is 2. The Labute approximate surface area is 69.3 Å².